The average Bonchev–Trinajstić information content (AvgIpc) is 2.55. The van der Waals surface area contributed by atoms with Crippen LogP contribution in [0.3, 0.4) is 0 Å². The van der Waals surface area contributed by atoms with Gasteiger partial charge in [0, 0.05) is 18.8 Å². The molecule has 2 rings (SSSR count). The molecule has 4 N–H and O–H groups in total. The summed E-state index contributed by atoms with van der Waals surface area (Å²) in [6, 6.07) is 4.03. The molecule has 1 aliphatic rings. The molecular formula is C15H12ClFN4O3. The largest absolute Gasteiger partial charge is 0.477 e. The fraction of sp³-hybridized carbons (Fsp3) is 0.0667. The van der Waals surface area contributed by atoms with Crippen molar-refractivity contribution >= 4 is 35.4 Å². The highest BCUT2D eigenvalue weighted by molar-refractivity contribution is 6.41. The summed E-state index contributed by atoms with van der Waals surface area (Å²) < 4.78 is 13.1. The Labute approximate surface area is 141 Å². The first-order chi connectivity index (χ1) is 11.4. The van der Waals surface area contributed by atoms with E-state index in [1.54, 1.807) is 0 Å². The van der Waals surface area contributed by atoms with Gasteiger partial charge in [-0.1, -0.05) is 17.7 Å². The van der Waals surface area contributed by atoms with Crippen molar-refractivity contribution in [3.63, 3.8) is 0 Å². The van der Waals surface area contributed by atoms with Crippen LogP contribution < -0.4 is 10.6 Å². The highest BCUT2D eigenvalue weighted by Crippen LogP contribution is 2.16. The summed E-state index contributed by atoms with van der Waals surface area (Å²) in [5, 5.41) is 21.1. The van der Waals surface area contributed by atoms with Crippen LogP contribution in [-0.2, 0) is 16.1 Å². The molecule has 124 valence electrons. The molecule has 0 atom stereocenters. The predicted octanol–water partition coefficient (Wildman–Crippen LogP) is 1.60. The van der Waals surface area contributed by atoms with E-state index in [-0.39, 0.29) is 28.8 Å². The van der Waals surface area contributed by atoms with Gasteiger partial charge >= 0.3 is 5.97 Å². The van der Waals surface area contributed by atoms with E-state index in [2.05, 4.69) is 15.6 Å². The van der Waals surface area contributed by atoms with Gasteiger partial charge in [0.2, 0.25) is 0 Å². The zero-order valence-electron chi connectivity index (χ0n) is 12.1. The van der Waals surface area contributed by atoms with Crippen molar-refractivity contribution in [1.29, 1.82) is 5.41 Å². The Morgan fingerprint density at radius 1 is 1.46 bits per heavy atom. The van der Waals surface area contributed by atoms with E-state index < -0.39 is 17.7 Å². The van der Waals surface area contributed by atoms with E-state index in [0.29, 0.717) is 5.56 Å². The number of nitrogens with zero attached hydrogens (tertiary/aromatic N) is 1. The summed E-state index contributed by atoms with van der Waals surface area (Å²) in [4.78, 5) is 27.0. The molecule has 1 aromatic rings. The number of hydrogen-bond donors (Lipinski definition) is 4. The first-order valence-electron chi connectivity index (χ1n) is 6.64. The standard InChI is InChI=1S/C15H12ClFN4O3/c16-9-5-8(1-2-10(9)17)7-19-14(22)11-6-12(15(23)24)21-13(20-11)3-4-18/h1-6,18,20H,7H2,(H,19,22)(H,23,24)/b13-3+,18-4?. The Kier molecular flexibility index (Phi) is 5.43. The number of allylic oxidation sites excluding steroid dienone is 1. The lowest BCUT2D eigenvalue weighted by atomic mass is 10.2. The molecule has 0 aromatic heterocycles. The number of amides is 1. The molecule has 1 aromatic carbocycles. The number of carbonyl (C=O) groups excluding carboxylic acids is 1. The van der Waals surface area contributed by atoms with Crippen molar-refractivity contribution < 1.29 is 19.1 Å². The lowest BCUT2D eigenvalue weighted by Crippen LogP contribution is -2.34. The Hall–Kier alpha value is -3.00. The molecule has 24 heavy (non-hydrogen) atoms. The van der Waals surface area contributed by atoms with E-state index in [0.717, 1.165) is 12.3 Å². The molecule has 1 heterocycles. The molecule has 1 aliphatic heterocycles. The highest BCUT2D eigenvalue weighted by Gasteiger charge is 2.20. The molecule has 0 radical (unpaired) electrons. The first-order valence-corrected chi connectivity index (χ1v) is 7.02. The van der Waals surface area contributed by atoms with Gasteiger partial charge in [-0.2, -0.15) is 0 Å². The van der Waals surface area contributed by atoms with Crippen LogP contribution in [0.1, 0.15) is 5.56 Å². The number of nitrogens with one attached hydrogen (secondary N) is 3. The minimum absolute atomic E-state index is 0.0382. The van der Waals surface area contributed by atoms with Crippen LogP contribution in [0.5, 0.6) is 0 Å². The van der Waals surface area contributed by atoms with Crippen LogP contribution in [0.2, 0.25) is 5.02 Å². The monoisotopic (exact) mass is 350 g/mol. The third-order valence-corrected chi connectivity index (χ3v) is 3.22. The van der Waals surface area contributed by atoms with E-state index >= 15 is 0 Å². The number of hydrogen-bond acceptors (Lipinski definition) is 5. The Morgan fingerprint density at radius 2 is 2.21 bits per heavy atom. The predicted molar refractivity (Wildman–Crippen MR) is 86.4 cm³/mol. The summed E-state index contributed by atoms with van der Waals surface area (Å²) in [7, 11) is 0. The molecule has 0 saturated heterocycles. The molecule has 0 bridgehead atoms. The molecule has 0 saturated carbocycles. The average molecular weight is 351 g/mol. The molecule has 0 spiro atoms. The smallest absolute Gasteiger partial charge is 0.354 e. The van der Waals surface area contributed by atoms with Gasteiger partial charge in [-0.05, 0) is 23.8 Å². The minimum atomic E-state index is -1.30. The van der Waals surface area contributed by atoms with Crippen molar-refractivity contribution in [1.82, 2.24) is 10.6 Å². The van der Waals surface area contributed by atoms with Crippen LogP contribution in [0.4, 0.5) is 4.39 Å². The second kappa shape index (κ2) is 7.51. The zero-order chi connectivity index (χ0) is 17.7. The molecule has 0 aliphatic carbocycles. The first kappa shape index (κ1) is 17.4. The van der Waals surface area contributed by atoms with Crippen LogP contribution >= 0.6 is 11.6 Å². The number of carboxylic acids is 1. The fourth-order valence-corrected chi connectivity index (χ4v) is 2.02. The molecule has 1 amide bonds. The third kappa shape index (κ3) is 4.26. The van der Waals surface area contributed by atoms with Crippen molar-refractivity contribution in [3.8, 4) is 0 Å². The number of aliphatic carboxylic acids is 1. The highest BCUT2D eigenvalue weighted by atomic mass is 35.5. The van der Waals surface area contributed by atoms with Gasteiger partial charge in [-0.15, -0.1) is 0 Å². The zero-order valence-corrected chi connectivity index (χ0v) is 12.9. The Bertz CT molecular complexity index is 802. The SMILES string of the molecule is N=C/C=C1/N=C(C(=O)O)C=C(C(=O)NCc2ccc(F)c(Cl)c2)N1. The number of halogens is 2. The maximum Gasteiger partial charge on any atom is 0.354 e. The van der Waals surface area contributed by atoms with Crippen LogP contribution in [0.15, 0.2) is 46.9 Å². The fourth-order valence-electron chi connectivity index (χ4n) is 1.82. The van der Waals surface area contributed by atoms with Gasteiger partial charge in [-0.25, -0.2) is 14.2 Å². The van der Waals surface area contributed by atoms with E-state index in [4.69, 9.17) is 22.1 Å². The lowest BCUT2D eigenvalue weighted by Gasteiger charge is -2.16. The quantitative estimate of drug-likeness (QED) is 0.604. The van der Waals surface area contributed by atoms with Gasteiger partial charge in [0.15, 0.2) is 5.71 Å². The second-order valence-corrected chi connectivity index (χ2v) is 5.04. The van der Waals surface area contributed by atoms with Gasteiger partial charge < -0.3 is 21.1 Å². The van der Waals surface area contributed by atoms with Crippen LogP contribution in [0, 0.1) is 11.2 Å². The minimum Gasteiger partial charge on any atom is -0.477 e. The summed E-state index contributed by atoms with van der Waals surface area (Å²) in [6.45, 7) is 0.0705. The number of benzene rings is 1. The van der Waals surface area contributed by atoms with Crippen LogP contribution in [-0.4, -0.2) is 28.9 Å². The number of aliphatic imine (C=N–C) groups is 1. The van der Waals surface area contributed by atoms with E-state index in [1.165, 1.54) is 24.3 Å². The van der Waals surface area contributed by atoms with E-state index in [1.807, 2.05) is 0 Å². The second-order valence-electron chi connectivity index (χ2n) is 4.63. The molecule has 7 nitrogen and oxygen atoms in total. The Morgan fingerprint density at radius 3 is 2.83 bits per heavy atom. The van der Waals surface area contributed by atoms with Gasteiger partial charge in [0.1, 0.15) is 17.3 Å². The van der Waals surface area contributed by atoms with Crippen molar-refractivity contribution in [2.24, 2.45) is 4.99 Å². The third-order valence-electron chi connectivity index (χ3n) is 2.93. The Balaban J connectivity index is 2.12. The molecule has 0 fully saturated rings. The maximum atomic E-state index is 13.1. The number of rotatable bonds is 5. The molecule has 0 unspecified atom stereocenters. The van der Waals surface area contributed by atoms with Crippen molar-refractivity contribution in [2.45, 2.75) is 6.54 Å². The topological polar surface area (TPSA) is 115 Å². The number of carbonyl (C=O) groups is 2. The van der Waals surface area contributed by atoms with Gasteiger partial charge in [0.25, 0.3) is 5.91 Å². The molecule has 9 heteroatoms. The lowest BCUT2D eigenvalue weighted by molar-refractivity contribution is -0.129. The maximum absolute atomic E-state index is 13.1. The van der Waals surface area contributed by atoms with Crippen molar-refractivity contribution in [2.75, 3.05) is 0 Å². The number of carboxylic acid groups (broad SMARTS) is 1. The summed E-state index contributed by atoms with van der Waals surface area (Å²) in [6.07, 6.45) is 3.20. The van der Waals surface area contributed by atoms with Gasteiger partial charge in [0.05, 0.1) is 5.02 Å². The van der Waals surface area contributed by atoms with Gasteiger partial charge in [-0.3, -0.25) is 4.79 Å². The van der Waals surface area contributed by atoms with E-state index in [9.17, 15) is 14.0 Å². The normalized spacial score (nSPS) is 15.2. The summed E-state index contributed by atoms with van der Waals surface area (Å²) in [5.74, 6) is -2.39. The van der Waals surface area contributed by atoms with Crippen LogP contribution in [0.25, 0.3) is 0 Å². The molecular weight excluding hydrogens is 339 g/mol. The summed E-state index contributed by atoms with van der Waals surface area (Å²) >= 11 is 5.66. The summed E-state index contributed by atoms with van der Waals surface area (Å²) in [5.41, 5.74) is 0.203. The van der Waals surface area contributed by atoms with Crippen molar-refractivity contribution in [3.05, 3.63) is 58.3 Å².